The molecule has 0 aliphatic carbocycles. The maximum absolute atomic E-state index is 8.77. The molecule has 0 aromatic heterocycles. The smallest absolute Gasteiger partial charge is 0.123 e. The van der Waals surface area contributed by atoms with Crippen LogP contribution < -0.4 is 4.74 Å². The number of hydrogen-bond donors (Lipinski definition) is 0. The van der Waals surface area contributed by atoms with Crippen molar-refractivity contribution in [2.75, 3.05) is 6.61 Å². The van der Waals surface area contributed by atoms with Crippen LogP contribution in [0.1, 0.15) is 23.6 Å². The third kappa shape index (κ3) is 4.04. The van der Waals surface area contributed by atoms with Gasteiger partial charge in [-0.2, -0.15) is 17.0 Å². The van der Waals surface area contributed by atoms with Crippen LogP contribution in [0.15, 0.2) is 48.5 Å². The number of benzene rings is 2. The minimum absolute atomic E-state index is 0.692. The molecule has 0 bridgehead atoms. The lowest BCUT2D eigenvalue weighted by Crippen LogP contribution is -1.95. The van der Waals surface area contributed by atoms with Gasteiger partial charge in [-0.15, -0.1) is 0 Å². The van der Waals surface area contributed by atoms with Crippen molar-refractivity contribution in [1.82, 2.24) is 0 Å². The molecule has 0 saturated carbocycles. The SMILES string of the molecule is CCOc1ccccc1CSCc1ccc(C#N)cc1. The van der Waals surface area contributed by atoms with Crippen molar-refractivity contribution in [3.63, 3.8) is 0 Å². The van der Waals surface area contributed by atoms with Crippen molar-refractivity contribution in [1.29, 1.82) is 5.26 Å². The van der Waals surface area contributed by atoms with E-state index in [1.165, 1.54) is 11.1 Å². The van der Waals surface area contributed by atoms with E-state index in [0.717, 1.165) is 17.3 Å². The van der Waals surface area contributed by atoms with Gasteiger partial charge >= 0.3 is 0 Å². The molecule has 2 aromatic carbocycles. The van der Waals surface area contributed by atoms with Crippen molar-refractivity contribution in [3.05, 3.63) is 65.2 Å². The number of nitriles is 1. The predicted molar refractivity (Wildman–Crippen MR) is 83.8 cm³/mol. The van der Waals surface area contributed by atoms with E-state index in [4.69, 9.17) is 10.00 Å². The lowest BCUT2D eigenvalue weighted by molar-refractivity contribution is 0.337. The molecule has 0 atom stereocenters. The van der Waals surface area contributed by atoms with E-state index in [0.29, 0.717) is 12.2 Å². The Kier molecular flexibility index (Phi) is 5.52. The summed E-state index contributed by atoms with van der Waals surface area (Å²) in [6.07, 6.45) is 0. The summed E-state index contributed by atoms with van der Waals surface area (Å²) in [5.74, 6) is 2.84. The molecule has 0 aliphatic heterocycles. The van der Waals surface area contributed by atoms with Crippen LogP contribution in [0, 0.1) is 11.3 Å². The molecule has 0 heterocycles. The van der Waals surface area contributed by atoms with Gasteiger partial charge in [0.15, 0.2) is 0 Å². The molecule has 20 heavy (non-hydrogen) atoms. The Labute approximate surface area is 124 Å². The topological polar surface area (TPSA) is 33.0 Å². The summed E-state index contributed by atoms with van der Waals surface area (Å²) < 4.78 is 5.62. The normalized spacial score (nSPS) is 10.0. The van der Waals surface area contributed by atoms with Gasteiger partial charge < -0.3 is 4.74 Å². The fraction of sp³-hybridized carbons (Fsp3) is 0.235. The van der Waals surface area contributed by atoms with Gasteiger partial charge in [0, 0.05) is 17.1 Å². The molecule has 0 spiro atoms. The van der Waals surface area contributed by atoms with Gasteiger partial charge in [0.1, 0.15) is 5.75 Å². The molecule has 2 rings (SSSR count). The van der Waals surface area contributed by atoms with Crippen molar-refractivity contribution >= 4 is 11.8 Å². The predicted octanol–water partition coefficient (Wildman–Crippen LogP) is 4.39. The first-order valence-corrected chi connectivity index (χ1v) is 7.76. The molecule has 0 fully saturated rings. The molecule has 0 amide bonds. The van der Waals surface area contributed by atoms with Gasteiger partial charge in [0.25, 0.3) is 0 Å². The Morgan fingerprint density at radius 3 is 2.50 bits per heavy atom. The van der Waals surface area contributed by atoms with Crippen LogP contribution in [-0.2, 0) is 11.5 Å². The average molecular weight is 283 g/mol. The summed E-state index contributed by atoms with van der Waals surface area (Å²) in [4.78, 5) is 0. The number of hydrogen-bond acceptors (Lipinski definition) is 3. The highest BCUT2D eigenvalue weighted by Crippen LogP contribution is 2.25. The first-order chi connectivity index (χ1) is 9.83. The zero-order chi connectivity index (χ0) is 14.2. The zero-order valence-electron chi connectivity index (χ0n) is 11.5. The second kappa shape index (κ2) is 7.62. The van der Waals surface area contributed by atoms with E-state index in [1.54, 1.807) is 0 Å². The highest BCUT2D eigenvalue weighted by atomic mass is 32.2. The van der Waals surface area contributed by atoms with Crippen LogP contribution in [-0.4, -0.2) is 6.61 Å². The second-order valence-electron chi connectivity index (χ2n) is 4.34. The van der Waals surface area contributed by atoms with Gasteiger partial charge in [-0.3, -0.25) is 0 Å². The van der Waals surface area contributed by atoms with E-state index in [-0.39, 0.29) is 0 Å². The van der Waals surface area contributed by atoms with E-state index in [9.17, 15) is 0 Å². The molecule has 0 aliphatic rings. The Bertz CT molecular complexity index is 587. The lowest BCUT2D eigenvalue weighted by Gasteiger charge is -2.09. The molecule has 102 valence electrons. The van der Waals surface area contributed by atoms with Crippen molar-refractivity contribution < 1.29 is 4.74 Å². The van der Waals surface area contributed by atoms with E-state index >= 15 is 0 Å². The lowest BCUT2D eigenvalue weighted by atomic mass is 10.2. The van der Waals surface area contributed by atoms with Crippen LogP contribution in [0.4, 0.5) is 0 Å². The van der Waals surface area contributed by atoms with Crippen LogP contribution in [0.3, 0.4) is 0 Å². The number of ether oxygens (including phenoxy) is 1. The highest BCUT2D eigenvalue weighted by Gasteiger charge is 2.02. The summed E-state index contributed by atoms with van der Waals surface area (Å²) in [5, 5.41) is 8.77. The Morgan fingerprint density at radius 1 is 1.05 bits per heavy atom. The van der Waals surface area contributed by atoms with E-state index < -0.39 is 0 Å². The highest BCUT2D eigenvalue weighted by molar-refractivity contribution is 7.97. The first-order valence-electron chi connectivity index (χ1n) is 6.61. The molecule has 2 aromatic rings. The number of rotatable bonds is 6. The standard InChI is InChI=1S/C17H17NOS/c1-2-19-17-6-4-3-5-16(17)13-20-12-15-9-7-14(11-18)8-10-15/h3-10H,2,12-13H2,1H3. The molecule has 0 saturated heterocycles. The van der Waals surface area contributed by atoms with E-state index in [1.807, 2.05) is 61.2 Å². The molecule has 0 unspecified atom stereocenters. The summed E-state index contributed by atoms with van der Waals surface area (Å²) >= 11 is 1.85. The molecule has 0 radical (unpaired) electrons. The maximum atomic E-state index is 8.77. The maximum Gasteiger partial charge on any atom is 0.123 e. The summed E-state index contributed by atoms with van der Waals surface area (Å²) in [6, 6.07) is 18.1. The number of thioether (sulfide) groups is 1. The van der Waals surface area contributed by atoms with Gasteiger partial charge in [0.05, 0.1) is 18.2 Å². The monoisotopic (exact) mass is 283 g/mol. The van der Waals surface area contributed by atoms with E-state index in [2.05, 4.69) is 12.1 Å². The first kappa shape index (κ1) is 14.5. The van der Waals surface area contributed by atoms with Crippen molar-refractivity contribution in [3.8, 4) is 11.8 Å². The molecular formula is C17H17NOS. The number of nitrogens with zero attached hydrogens (tertiary/aromatic N) is 1. The average Bonchev–Trinajstić information content (AvgIpc) is 2.50. The molecular weight excluding hydrogens is 266 g/mol. The van der Waals surface area contributed by atoms with Crippen LogP contribution in [0.25, 0.3) is 0 Å². The van der Waals surface area contributed by atoms with Crippen LogP contribution in [0.5, 0.6) is 5.75 Å². The Hall–Kier alpha value is -1.92. The number of para-hydroxylation sites is 1. The van der Waals surface area contributed by atoms with Gasteiger partial charge in [0.2, 0.25) is 0 Å². The fourth-order valence-electron chi connectivity index (χ4n) is 1.87. The second-order valence-corrected chi connectivity index (χ2v) is 5.33. The van der Waals surface area contributed by atoms with Crippen molar-refractivity contribution in [2.24, 2.45) is 0 Å². The summed E-state index contributed by atoms with van der Waals surface area (Å²) in [5.41, 5.74) is 3.18. The largest absolute Gasteiger partial charge is 0.494 e. The minimum atomic E-state index is 0.692. The third-order valence-corrected chi connectivity index (χ3v) is 3.93. The molecule has 3 heteroatoms. The quantitative estimate of drug-likeness (QED) is 0.788. The van der Waals surface area contributed by atoms with Gasteiger partial charge in [-0.1, -0.05) is 30.3 Å². The minimum Gasteiger partial charge on any atom is -0.494 e. The molecule has 2 nitrogen and oxygen atoms in total. The van der Waals surface area contributed by atoms with Gasteiger partial charge in [-0.25, -0.2) is 0 Å². The van der Waals surface area contributed by atoms with Crippen LogP contribution in [0.2, 0.25) is 0 Å². The summed E-state index contributed by atoms with van der Waals surface area (Å²) in [6.45, 7) is 2.69. The fourth-order valence-corrected chi connectivity index (χ4v) is 2.86. The summed E-state index contributed by atoms with van der Waals surface area (Å²) in [7, 11) is 0. The van der Waals surface area contributed by atoms with Crippen LogP contribution >= 0.6 is 11.8 Å². The Balaban J connectivity index is 1.91. The zero-order valence-corrected chi connectivity index (χ0v) is 12.3. The third-order valence-electron chi connectivity index (χ3n) is 2.88. The molecule has 0 N–H and O–H groups in total. The van der Waals surface area contributed by atoms with Gasteiger partial charge in [-0.05, 0) is 30.7 Å². The Morgan fingerprint density at radius 2 is 1.80 bits per heavy atom. The van der Waals surface area contributed by atoms with Crippen molar-refractivity contribution in [2.45, 2.75) is 18.4 Å².